The number of piperidine rings is 1. The molecule has 2 fully saturated rings. The van der Waals surface area contributed by atoms with Gasteiger partial charge in [0, 0.05) is 17.5 Å². The number of carbonyl (C=O) groups excluding carboxylic acids is 1. The number of hydrogen-bond donors (Lipinski definition) is 2. The molecule has 1 aromatic carbocycles. The van der Waals surface area contributed by atoms with Crippen molar-refractivity contribution in [1.82, 2.24) is 15.6 Å². The zero-order valence-corrected chi connectivity index (χ0v) is 16.1. The molecule has 1 aromatic heterocycles. The zero-order chi connectivity index (χ0) is 18.5. The van der Waals surface area contributed by atoms with Crippen LogP contribution in [0.5, 0.6) is 0 Å². The molecule has 0 radical (unpaired) electrons. The average molecular weight is 384 g/mol. The predicted octanol–water partition coefficient (Wildman–Crippen LogP) is 3.01. The highest BCUT2D eigenvalue weighted by Crippen LogP contribution is 2.34. The Morgan fingerprint density at radius 3 is 2.78 bits per heavy atom. The van der Waals surface area contributed by atoms with Crippen molar-refractivity contribution in [2.45, 2.75) is 41.7 Å². The number of benzene rings is 1. The first-order valence-electron chi connectivity index (χ1n) is 9.51. The van der Waals surface area contributed by atoms with E-state index in [0.717, 1.165) is 43.1 Å². The van der Waals surface area contributed by atoms with Gasteiger partial charge in [0.05, 0.1) is 23.3 Å². The summed E-state index contributed by atoms with van der Waals surface area (Å²) in [4.78, 5) is 16.9. The lowest BCUT2D eigenvalue weighted by atomic mass is 9.88. The fourth-order valence-electron chi connectivity index (χ4n) is 3.78. The Bertz CT molecular complexity index is 761. The SMILES string of the molecule is O=C(NC1COC2(CCNCC2)C1)c1ccc(CSc2ccccn2)cc1. The highest BCUT2D eigenvalue weighted by atomic mass is 32.2. The van der Waals surface area contributed by atoms with E-state index in [1.807, 2.05) is 42.5 Å². The molecule has 1 unspecified atom stereocenters. The molecule has 0 aliphatic carbocycles. The molecule has 1 spiro atoms. The van der Waals surface area contributed by atoms with Gasteiger partial charge < -0.3 is 15.4 Å². The molecule has 2 aromatic rings. The standard InChI is InChI=1S/C21H25N3O2S/c25-20(24-18-13-21(26-14-18)8-11-22-12-9-21)17-6-4-16(5-7-17)15-27-19-3-1-2-10-23-19/h1-7,10,18,22H,8-9,11-15H2,(H,24,25). The number of nitrogens with one attached hydrogen (secondary N) is 2. The van der Waals surface area contributed by atoms with Crippen molar-refractivity contribution in [3.63, 3.8) is 0 Å². The van der Waals surface area contributed by atoms with E-state index in [4.69, 9.17) is 4.74 Å². The lowest BCUT2D eigenvalue weighted by Crippen LogP contribution is -2.43. The molecule has 2 aliphatic rings. The normalized spacial score (nSPS) is 21.3. The summed E-state index contributed by atoms with van der Waals surface area (Å²) >= 11 is 1.69. The number of aromatic nitrogens is 1. The van der Waals surface area contributed by atoms with Crippen molar-refractivity contribution in [2.24, 2.45) is 0 Å². The molecule has 1 atom stereocenters. The Kier molecular flexibility index (Phi) is 5.76. The van der Waals surface area contributed by atoms with Gasteiger partial charge in [0.25, 0.3) is 5.91 Å². The number of pyridine rings is 1. The molecule has 2 aliphatic heterocycles. The maximum atomic E-state index is 12.6. The Hall–Kier alpha value is -1.89. The van der Waals surface area contributed by atoms with E-state index in [9.17, 15) is 4.79 Å². The van der Waals surface area contributed by atoms with Gasteiger partial charge >= 0.3 is 0 Å². The quantitative estimate of drug-likeness (QED) is 0.777. The second kappa shape index (κ2) is 8.42. The molecule has 1 amide bonds. The minimum absolute atomic E-state index is 0.0153. The number of ether oxygens (including phenoxy) is 1. The second-order valence-corrected chi connectivity index (χ2v) is 8.27. The summed E-state index contributed by atoms with van der Waals surface area (Å²) < 4.78 is 6.06. The first-order chi connectivity index (χ1) is 13.2. The Morgan fingerprint density at radius 1 is 1.22 bits per heavy atom. The predicted molar refractivity (Wildman–Crippen MR) is 107 cm³/mol. The number of amides is 1. The smallest absolute Gasteiger partial charge is 0.251 e. The first kappa shape index (κ1) is 18.5. The summed E-state index contributed by atoms with van der Waals surface area (Å²) in [6.45, 7) is 2.61. The maximum absolute atomic E-state index is 12.6. The summed E-state index contributed by atoms with van der Waals surface area (Å²) in [5.74, 6) is 0.824. The Morgan fingerprint density at radius 2 is 2.04 bits per heavy atom. The van der Waals surface area contributed by atoms with Crippen LogP contribution in [0.1, 0.15) is 35.2 Å². The van der Waals surface area contributed by atoms with Gasteiger partial charge in [-0.2, -0.15) is 0 Å². The van der Waals surface area contributed by atoms with Gasteiger partial charge in [-0.25, -0.2) is 4.98 Å². The summed E-state index contributed by atoms with van der Waals surface area (Å²) in [5.41, 5.74) is 1.85. The topological polar surface area (TPSA) is 63.2 Å². The van der Waals surface area contributed by atoms with E-state index in [-0.39, 0.29) is 17.6 Å². The summed E-state index contributed by atoms with van der Waals surface area (Å²) in [7, 11) is 0. The second-order valence-electron chi connectivity index (χ2n) is 7.27. The van der Waals surface area contributed by atoms with Crippen molar-refractivity contribution in [3.8, 4) is 0 Å². The Balaban J connectivity index is 1.29. The average Bonchev–Trinajstić information content (AvgIpc) is 3.09. The molecular weight excluding hydrogens is 358 g/mol. The molecule has 0 bridgehead atoms. The van der Waals surface area contributed by atoms with Crippen LogP contribution in [0.3, 0.4) is 0 Å². The lowest BCUT2D eigenvalue weighted by Gasteiger charge is -2.32. The van der Waals surface area contributed by atoms with Crippen LogP contribution < -0.4 is 10.6 Å². The van der Waals surface area contributed by atoms with E-state index >= 15 is 0 Å². The molecule has 4 rings (SSSR count). The number of nitrogens with zero attached hydrogens (tertiary/aromatic N) is 1. The van der Waals surface area contributed by atoms with E-state index in [2.05, 4.69) is 15.6 Å². The van der Waals surface area contributed by atoms with E-state index in [1.165, 1.54) is 5.56 Å². The van der Waals surface area contributed by atoms with Gasteiger partial charge in [-0.1, -0.05) is 18.2 Å². The summed E-state index contributed by atoms with van der Waals surface area (Å²) in [5, 5.41) is 7.52. The van der Waals surface area contributed by atoms with Crippen molar-refractivity contribution < 1.29 is 9.53 Å². The largest absolute Gasteiger partial charge is 0.373 e. The molecular formula is C21H25N3O2S. The van der Waals surface area contributed by atoms with Crippen LogP contribution in [0.25, 0.3) is 0 Å². The summed E-state index contributed by atoms with van der Waals surface area (Å²) in [6, 6.07) is 13.9. The van der Waals surface area contributed by atoms with Crippen molar-refractivity contribution >= 4 is 17.7 Å². The number of carbonyl (C=O) groups is 1. The minimum Gasteiger partial charge on any atom is -0.373 e. The molecule has 2 N–H and O–H groups in total. The minimum atomic E-state index is -0.0320. The summed E-state index contributed by atoms with van der Waals surface area (Å²) in [6.07, 6.45) is 4.78. The molecule has 27 heavy (non-hydrogen) atoms. The molecule has 0 saturated carbocycles. The highest BCUT2D eigenvalue weighted by molar-refractivity contribution is 7.98. The van der Waals surface area contributed by atoms with Crippen LogP contribution >= 0.6 is 11.8 Å². The molecule has 2 saturated heterocycles. The van der Waals surface area contributed by atoms with E-state index < -0.39 is 0 Å². The van der Waals surface area contributed by atoms with Crippen LogP contribution in [-0.2, 0) is 10.5 Å². The molecule has 3 heterocycles. The van der Waals surface area contributed by atoms with Gasteiger partial charge in [-0.05, 0) is 62.2 Å². The van der Waals surface area contributed by atoms with Crippen molar-refractivity contribution in [1.29, 1.82) is 0 Å². The third kappa shape index (κ3) is 4.69. The van der Waals surface area contributed by atoms with Crippen LogP contribution in [0.4, 0.5) is 0 Å². The molecule has 6 heteroatoms. The van der Waals surface area contributed by atoms with Crippen molar-refractivity contribution in [3.05, 3.63) is 59.8 Å². The van der Waals surface area contributed by atoms with Crippen LogP contribution in [0.15, 0.2) is 53.7 Å². The van der Waals surface area contributed by atoms with Crippen molar-refractivity contribution in [2.75, 3.05) is 19.7 Å². The van der Waals surface area contributed by atoms with E-state index in [1.54, 1.807) is 18.0 Å². The third-order valence-electron chi connectivity index (χ3n) is 5.30. The number of thioether (sulfide) groups is 1. The van der Waals surface area contributed by atoms with Gasteiger partial charge in [0.2, 0.25) is 0 Å². The highest BCUT2D eigenvalue weighted by Gasteiger charge is 2.41. The fraction of sp³-hybridized carbons (Fsp3) is 0.429. The van der Waals surface area contributed by atoms with Crippen LogP contribution in [0.2, 0.25) is 0 Å². The third-order valence-corrected chi connectivity index (χ3v) is 6.31. The monoisotopic (exact) mass is 383 g/mol. The Labute approximate surface area is 164 Å². The maximum Gasteiger partial charge on any atom is 0.251 e. The van der Waals surface area contributed by atoms with Gasteiger partial charge in [0.1, 0.15) is 0 Å². The van der Waals surface area contributed by atoms with Gasteiger partial charge in [0.15, 0.2) is 0 Å². The van der Waals surface area contributed by atoms with Gasteiger partial charge in [-0.3, -0.25) is 4.79 Å². The van der Waals surface area contributed by atoms with Crippen LogP contribution in [0, 0.1) is 0 Å². The number of rotatable bonds is 5. The number of hydrogen-bond acceptors (Lipinski definition) is 5. The first-order valence-corrected chi connectivity index (χ1v) is 10.5. The molecule has 142 valence electrons. The zero-order valence-electron chi connectivity index (χ0n) is 15.3. The molecule has 5 nitrogen and oxygen atoms in total. The van der Waals surface area contributed by atoms with Gasteiger partial charge in [-0.15, -0.1) is 11.8 Å². The fourth-order valence-corrected chi connectivity index (χ4v) is 4.60. The van der Waals surface area contributed by atoms with E-state index in [0.29, 0.717) is 12.2 Å². The van der Waals surface area contributed by atoms with Crippen LogP contribution in [-0.4, -0.2) is 42.2 Å². The lowest BCUT2D eigenvalue weighted by molar-refractivity contribution is -0.0194.